The lowest BCUT2D eigenvalue weighted by molar-refractivity contribution is -0.0714. The highest BCUT2D eigenvalue weighted by molar-refractivity contribution is 4.85. The van der Waals surface area contributed by atoms with Crippen LogP contribution in [0.2, 0.25) is 0 Å². The first-order chi connectivity index (χ1) is 47.8. The van der Waals surface area contributed by atoms with Crippen LogP contribution in [0, 0.1) is 118 Å². The van der Waals surface area contributed by atoms with E-state index in [9.17, 15) is 15.3 Å². The smallest absolute Gasteiger partial charge is 0.104 e. The van der Waals surface area contributed by atoms with E-state index in [1.165, 1.54) is 257 Å². The zero-order valence-corrected chi connectivity index (χ0v) is 68.2. The van der Waals surface area contributed by atoms with Gasteiger partial charge >= 0.3 is 0 Å². The molecule has 584 valence electrons. The van der Waals surface area contributed by atoms with Crippen LogP contribution in [0.1, 0.15) is 372 Å². The van der Waals surface area contributed by atoms with Gasteiger partial charge in [0, 0.05) is 46.1 Å². The Morgan fingerprint density at radius 2 is 0.566 bits per heavy atom. The van der Waals surface area contributed by atoms with Gasteiger partial charge < -0.3 is 34.3 Å². The molecule has 0 radical (unpaired) electrons. The van der Waals surface area contributed by atoms with E-state index >= 15 is 0 Å². The molecule has 0 aromatic rings. The van der Waals surface area contributed by atoms with Crippen LogP contribution in [0.5, 0.6) is 0 Å². The Morgan fingerprint density at radius 1 is 0.283 bits per heavy atom. The molecule has 0 aromatic heterocycles. The van der Waals surface area contributed by atoms with E-state index in [-0.39, 0.29) is 18.8 Å². The van der Waals surface area contributed by atoms with Gasteiger partial charge in [0.25, 0.3) is 0 Å². The van der Waals surface area contributed by atoms with Crippen LogP contribution < -0.4 is 0 Å². The van der Waals surface area contributed by atoms with Crippen LogP contribution in [0.3, 0.4) is 0 Å². The molecule has 3 N–H and O–H groups in total. The molecular weight excluding hydrogens is 1220 g/mol. The van der Waals surface area contributed by atoms with Crippen molar-refractivity contribution in [1.29, 1.82) is 0 Å². The molecule has 4 aliphatic carbocycles. The minimum Gasteiger partial charge on any atom is -0.394 e. The van der Waals surface area contributed by atoms with Crippen LogP contribution >= 0.6 is 0 Å². The number of piperidine rings is 1. The lowest BCUT2D eigenvalue weighted by Crippen LogP contribution is -2.49. The summed E-state index contributed by atoms with van der Waals surface area (Å²) in [5.41, 5.74) is 0. The molecule has 99 heavy (non-hydrogen) atoms. The third-order valence-electron chi connectivity index (χ3n) is 28.9. The van der Waals surface area contributed by atoms with Crippen LogP contribution in [-0.4, -0.2) is 111 Å². The fourth-order valence-corrected chi connectivity index (χ4v) is 20.6. The van der Waals surface area contributed by atoms with E-state index in [1.807, 2.05) is 0 Å². The van der Waals surface area contributed by atoms with Gasteiger partial charge in [-0.2, -0.15) is 0 Å². The third-order valence-corrected chi connectivity index (χ3v) is 28.9. The molecule has 2 saturated heterocycles. The van der Waals surface area contributed by atoms with Gasteiger partial charge in [-0.3, -0.25) is 4.90 Å². The molecule has 8 heteroatoms. The maximum absolute atomic E-state index is 10.5. The standard InChI is InChI=1S/C91H173NO7/c1-68-21-13-29-76(9)84-45-41-80(59-84)33-17-25-72(5)50-55-96-66-88(63-92-54-49-90(94)91(95)64-92)98-57-52-74(7)27-19-35-82-43-47-86(61-82)78(11)31-15-23-70(3)39-40-71(4)24-16-32-79(12)87-48-44-83(62-87)36-20-28-75(8)53-58-99-89(65-93)67-97-56-51-73(6)26-18-34-81-42-46-85(60-81)77(10)30-14-22-69(2)38-37-68/h68-91,93-95H,13-67H2,1-12H3/t68?,69?,70?,71?,72?,73?,74?,75?,76?,77?,78?,79?,80?,81?,82?,83?,84?,85?,86?,87?,88?,89?,90-,91+/m1/s1. The number of likely N-dealkylation sites (tertiary alicyclic amines) is 1. The molecule has 6 rings (SSSR count). The second-order valence-corrected chi connectivity index (χ2v) is 38.3. The Hall–Kier alpha value is -0.320. The Kier molecular flexibility index (Phi) is 45.2. The quantitative estimate of drug-likeness (QED) is 0.257. The fourth-order valence-electron chi connectivity index (χ4n) is 20.6. The molecule has 2 heterocycles. The van der Waals surface area contributed by atoms with Gasteiger partial charge in [0.1, 0.15) is 6.10 Å². The maximum Gasteiger partial charge on any atom is 0.104 e. The highest BCUT2D eigenvalue weighted by Gasteiger charge is 2.34. The van der Waals surface area contributed by atoms with Crippen molar-refractivity contribution >= 4 is 0 Å². The fraction of sp³-hybridized carbons (Fsp3) is 1.00. The number of hydrogen-bond acceptors (Lipinski definition) is 8. The Bertz CT molecular complexity index is 1940. The number of aliphatic hydroxyl groups is 3. The van der Waals surface area contributed by atoms with E-state index in [1.54, 1.807) is 0 Å². The Labute approximate surface area is 616 Å². The summed E-state index contributed by atoms with van der Waals surface area (Å²) in [6.45, 7) is 36.6. The molecule has 4 saturated carbocycles. The molecule has 22 unspecified atom stereocenters. The molecule has 0 aromatic carbocycles. The van der Waals surface area contributed by atoms with Crippen molar-refractivity contribution in [1.82, 2.24) is 4.90 Å². The van der Waals surface area contributed by atoms with Gasteiger partial charge in [-0.1, -0.05) is 289 Å². The first-order valence-corrected chi connectivity index (χ1v) is 44.9. The average Bonchev–Trinajstić information content (AvgIpc) is 1.85. The second-order valence-electron chi connectivity index (χ2n) is 38.3. The van der Waals surface area contributed by atoms with Gasteiger partial charge in [0.05, 0.1) is 38.1 Å². The molecule has 8 nitrogen and oxygen atoms in total. The summed E-state index contributed by atoms with van der Waals surface area (Å²) < 4.78 is 25.4. The summed E-state index contributed by atoms with van der Waals surface area (Å²) in [5.74, 6) is 17.2. The zero-order chi connectivity index (χ0) is 71.2. The SMILES string of the molecule is CC1CCCC2CCC(C2)C(C)CCCC(C)CCC(C)CCCC(C)C2CCC(CCCC(C)CCOCC(CN3CC[C@@H](O)[C@@H](O)C3)OCCC(C)CCCC3CCC(C3)C(C)CCCC(C)CCC(C)CCCC(C)C3CCC(CCCC(C)CCOC(CO)COCC1)C3)C2. The van der Waals surface area contributed by atoms with E-state index in [2.05, 4.69) is 88.0 Å². The van der Waals surface area contributed by atoms with E-state index in [0.717, 1.165) is 160 Å². The van der Waals surface area contributed by atoms with Crippen molar-refractivity contribution in [2.45, 2.75) is 396 Å². The predicted molar refractivity (Wildman–Crippen MR) is 422 cm³/mol. The molecule has 6 fully saturated rings. The van der Waals surface area contributed by atoms with Gasteiger partial charge in [-0.15, -0.1) is 0 Å². The topological polar surface area (TPSA) is 101 Å². The number of nitrogens with zero attached hydrogens (tertiary/aromatic N) is 1. The molecule has 6 aliphatic rings. The number of rotatable bonds is 3. The summed E-state index contributed by atoms with van der Waals surface area (Å²) in [6.07, 6.45) is 60.1. The Balaban J connectivity index is 0.878. The number of fused-ring (bicyclic) bond motifs is 8. The molecule has 8 bridgehead atoms. The number of aliphatic hydroxyl groups excluding tert-OH is 3. The first kappa shape index (κ1) is 87.6. The number of hydrogen-bond donors (Lipinski definition) is 3. The third kappa shape index (κ3) is 37.4. The first-order valence-electron chi connectivity index (χ1n) is 44.9. The zero-order valence-electron chi connectivity index (χ0n) is 68.2. The monoisotopic (exact) mass is 1390 g/mol. The van der Waals surface area contributed by atoms with Crippen LogP contribution in [0.15, 0.2) is 0 Å². The molecule has 0 amide bonds. The van der Waals surface area contributed by atoms with Crippen molar-refractivity contribution in [3.05, 3.63) is 0 Å². The lowest BCUT2D eigenvalue weighted by atomic mass is 9.84. The van der Waals surface area contributed by atoms with Gasteiger partial charge in [0.15, 0.2) is 0 Å². The lowest BCUT2D eigenvalue weighted by Gasteiger charge is -2.35. The Morgan fingerprint density at radius 3 is 0.879 bits per heavy atom. The van der Waals surface area contributed by atoms with Crippen LogP contribution in [0.25, 0.3) is 0 Å². The van der Waals surface area contributed by atoms with Gasteiger partial charge in [-0.05, 0) is 202 Å². The number of β-amino-alcohol motifs (C(OH)–C–C–N with tert-alkyl or cyclic N) is 1. The van der Waals surface area contributed by atoms with Gasteiger partial charge in [0.2, 0.25) is 0 Å². The highest BCUT2D eigenvalue weighted by atomic mass is 16.5. The van der Waals surface area contributed by atoms with Gasteiger partial charge in [-0.25, -0.2) is 0 Å². The normalized spacial score (nSPS) is 41.2. The van der Waals surface area contributed by atoms with E-state index in [0.29, 0.717) is 49.9 Å². The maximum atomic E-state index is 10.5. The van der Waals surface area contributed by atoms with E-state index < -0.39 is 12.2 Å². The largest absolute Gasteiger partial charge is 0.394 e. The van der Waals surface area contributed by atoms with Crippen molar-refractivity contribution in [3.63, 3.8) is 0 Å². The predicted octanol–water partition coefficient (Wildman–Crippen LogP) is 24.0. The minimum absolute atomic E-state index is 0.00296. The summed E-state index contributed by atoms with van der Waals surface area (Å²) >= 11 is 0. The van der Waals surface area contributed by atoms with Crippen molar-refractivity contribution in [2.24, 2.45) is 118 Å². The van der Waals surface area contributed by atoms with Crippen molar-refractivity contribution in [2.75, 3.05) is 65.9 Å². The summed E-state index contributed by atoms with van der Waals surface area (Å²) in [5, 5.41) is 30.9. The summed E-state index contributed by atoms with van der Waals surface area (Å²) in [4.78, 5) is 2.29. The minimum atomic E-state index is -0.678. The average molecular weight is 1390 g/mol. The highest BCUT2D eigenvalue weighted by Crippen LogP contribution is 2.45. The number of ether oxygens (including phenoxy) is 4. The molecular formula is C91H173NO7. The summed E-state index contributed by atoms with van der Waals surface area (Å²) in [6, 6.07) is 0. The molecule has 2 aliphatic heterocycles. The van der Waals surface area contributed by atoms with Crippen molar-refractivity contribution < 1.29 is 34.3 Å². The van der Waals surface area contributed by atoms with Crippen molar-refractivity contribution in [3.8, 4) is 0 Å². The molecule has 0 spiro atoms. The van der Waals surface area contributed by atoms with Crippen LogP contribution in [-0.2, 0) is 18.9 Å². The second kappa shape index (κ2) is 51.1. The summed E-state index contributed by atoms with van der Waals surface area (Å²) in [7, 11) is 0. The van der Waals surface area contributed by atoms with E-state index in [4.69, 9.17) is 18.9 Å². The molecule has 24 atom stereocenters. The van der Waals surface area contributed by atoms with Crippen LogP contribution in [0.4, 0.5) is 0 Å².